The molecular weight excluding hydrogens is 262 g/mol. The Morgan fingerprint density at radius 1 is 1.05 bits per heavy atom. The molecule has 0 saturated heterocycles. The van der Waals surface area contributed by atoms with Gasteiger partial charge in [0.2, 0.25) is 0 Å². The van der Waals surface area contributed by atoms with Crippen molar-refractivity contribution in [1.82, 2.24) is 0 Å². The van der Waals surface area contributed by atoms with E-state index in [1.165, 1.54) is 0 Å². The van der Waals surface area contributed by atoms with Crippen molar-refractivity contribution in [3.63, 3.8) is 0 Å². The summed E-state index contributed by atoms with van der Waals surface area (Å²) < 4.78 is 10.4. The van der Waals surface area contributed by atoms with Crippen LogP contribution >= 0.6 is 11.6 Å². The van der Waals surface area contributed by atoms with E-state index >= 15 is 0 Å². The van der Waals surface area contributed by atoms with Gasteiger partial charge in [0, 0.05) is 18.3 Å². The number of nitrogens with one attached hydrogen (secondary N) is 1. The van der Waals surface area contributed by atoms with Crippen LogP contribution in [0.25, 0.3) is 0 Å². The maximum atomic E-state index is 5.98. The highest BCUT2D eigenvalue weighted by Gasteiger charge is 2.02. The van der Waals surface area contributed by atoms with Crippen molar-refractivity contribution in [1.29, 1.82) is 0 Å². The van der Waals surface area contributed by atoms with Gasteiger partial charge >= 0.3 is 0 Å². The van der Waals surface area contributed by atoms with Gasteiger partial charge in [0.05, 0.1) is 19.2 Å². The lowest BCUT2D eigenvalue weighted by molar-refractivity contribution is 0.414. The summed E-state index contributed by atoms with van der Waals surface area (Å²) in [6.07, 6.45) is 0. The number of ether oxygens (including phenoxy) is 2. The lowest BCUT2D eigenvalue weighted by Gasteiger charge is -2.10. The quantitative estimate of drug-likeness (QED) is 0.897. The summed E-state index contributed by atoms with van der Waals surface area (Å²) >= 11 is 5.98. The topological polar surface area (TPSA) is 30.5 Å². The zero-order chi connectivity index (χ0) is 13.7. The third-order valence-corrected chi connectivity index (χ3v) is 3.09. The van der Waals surface area contributed by atoms with E-state index in [9.17, 15) is 0 Å². The fourth-order valence-corrected chi connectivity index (χ4v) is 1.95. The van der Waals surface area contributed by atoms with Gasteiger partial charge in [-0.3, -0.25) is 0 Å². The van der Waals surface area contributed by atoms with Gasteiger partial charge in [0.1, 0.15) is 11.5 Å². The van der Waals surface area contributed by atoms with E-state index in [-0.39, 0.29) is 0 Å². The molecule has 0 aliphatic rings. The summed E-state index contributed by atoms with van der Waals surface area (Å²) in [4.78, 5) is 0. The summed E-state index contributed by atoms with van der Waals surface area (Å²) in [6, 6.07) is 13.6. The van der Waals surface area contributed by atoms with E-state index in [1.807, 2.05) is 42.5 Å². The number of benzene rings is 2. The first-order valence-electron chi connectivity index (χ1n) is 5.93. The highest BCUT2D eigenvalue weighted by molar-refractivity contribution is 6.32. The molecule has 2 rings (SSSR count). The van der Waals surface area contributed by atoms with Crippen LogP contribution in [0.15, 0.2) is 42.5 Å². The van der Waals surface area contributed by atoms with Crippen molar-refractivity contribution < 1.29 is 9.47 Å². The van der Waals surface area contributed by atoms with E-state index in [0.717, 1.165) is 17.0 Å². The molecule has 2 aromatic carbocycles. The van der Waals surface area contributed by atoms with E-state index in [4.69, 9.17) is 21.1 Å². The first kappa shape index (κ1) is 13.6. The van der Waals surface area contributed by atoms with Gasteiger partial charge in [0.25, 0.3) is 0 Å². The van der Waals surface area contributed by atoms with E-state index in [0.29, 0.717) is 17.3 Å². The van der Waals surface area contributed by atoms with E-state index < -0.39 is 0 Å². The molecule has 0 aliphatic heterocycles. The smallest absolute Gasteiger partial charge is 0.139 e. The number of hydrogen-bond donors (Lipinski definition) is 1. The molecule has 0 unspecified atom stereocenters. The second kappa shape index (κ2) is 6.34. The van der Waals surface area contributed by atoms with Crippen molar-refractivity contribution in [3.05, 3.63) is 53.1 Å². The summed E-state index contributed by atoms with van der Waals surface area (Å²) in [5.41, 5.74) is 2.11. The molecule has 0 saturated carbocycles. The zero-order valence-electron chi connectivity index (χ0n) is 10.9. The Morgan fingerprint density at radius 3 is 2.63 bits per heavy atom. The Balaban J connectivity index is 2.05. The molecule has 3 nitrogen and oxygen atoms in total. The summed E-state index contributed by atoms with van der Waals surface area (Å²) in [5, 5.41) is 3.93. The molecule has 2 aromatic rings. The maximum Gasteiger partial charge on any atom is 0.139 e. The van der Waals surface area contributed by atoms with Crippen molar-refractivity contribution in [3.8, 4) is 11.5 Å². The minimum absolute atomic E-state index is 0.606. The van der Waals surface area contributed by atoms with Crippen molar-refractivity contribution in [2.75, 3.05) is 19.5 Å². The fourth-order valence-electron chi connectivity index (χ4n) is 1.76. The van der Waals surface area contributed by atoms with Crippen LogP contribution in [0.2, 0.25) is 5.02 Å². The van der Waals surface area contributed by atoms with Crippen LogP contribution in [-0.4, -0.2) is 14.2 Å². The molecule has 19 heavy (non-hydrogen) atoms. The van der Waals surface area contributed by atoms with Gasteiger partial charge in [-0.1, -0.05) is 23.7 Å². The normalized spacial score (nSPS) is 10.1. The second-order valence-corrected chi connectivity index (χ2v) is 4.46. The van der Waals surface area contributed by atoms with Crippen molar-refractivity contribution >= 4 is 17.3 Å². The van der Waals surface area contributed by atoms with Crippen LogP contribution in [0.4, 0.5) is 5.69 Å². The molecule has 0 amide bonds. The number of hydrogen-bond acceptors (Lipinski definition) is 3. The van der Waals surface area contributed by atoms with E-state index in [1.54, 1.807) is 14.2 Å². The predicted octanol–water partition coefficient (Wildman–Crippen LogP) is 3.97. The molecular formula is C15H16ClNO2. The van der Waals surface area contributed by atoms with Crippen LogP contribution in [0.3, 0.4) is 0 Å². The average molecular weight is 278 g/mol. The van der Waals surface area contributed by atoms with Crippen molar-refractivity contribution in [2.24, 2.45) is 0 Å². The molecule has 0 aliphatic carbocycles. The van der Waals surface area contributed by atoms with Crippen LogP contribution in [-0.2, 0) is 6.54 Å². The summed E-state index contributed by atoms with van der Waals surface area (Å²) in [6.45, 7) is 0.710. The highest BCUT2D eigenvalue weighted by atomic mass is 35.5. The monoisotopic (exact) mass is 277 g/mol. The Hall–Kier alpha value is -1.87. The minimum Gasteiger partial charge on any atom is -0.497 e. The largest absolute Gasteiger partial charge is 0.497 e. The SMILES string of the molecule is COc1cccc(CNc2ccc(Cl)c(OC)c2)c1. The van der Waals surface area contributed by atoms with Gasteiger partial charge < -0.3 is 14.8 Å². The second-order valence-electron chi connectivity index (χ2n) is 4.05. The maximum absolute atomic E-state index is 5.98. The lowest BCUT2D eigenvalue weighted by atomic mass is 10.2. The third-order valence-electron chi connectivity index (χ3n) is 2.78. The molecule has 0 radical (unpaired) electrons. The van der Waals surface area contributed by atoms with Crippen molar-refractivity contribution in [2.45, 2.75) is 6.54 Å². The van der Waals surface area contributed by atoms with Gasteiger partial charge in [-0.15, -0.1) is 0 Å². The first-order chi connectivity index (χ1) is 9.22. The fraction of sp³-hybridized carbons (Fsp3) is 0.200. The molecule has 0 aromatic heterocycles. The Labute approximate surface area is 118 Å². The zero-order valence-corrected chi connectivity index (χ0v) is 11.7. The molecule has 0 spiro atoms. The molecule has 100 valence electrons. The molecule has 0 heterocycles. The molecule has 1 N–H and O–H groups in total. The van der Waals surface area contributed by atoms with Gasteiger partial charge in [-0.2, -0.15) is 0 Å². The molecule has 4 heteroatoms. The number of halogens is 1. The van der Waals surface area contributed by atoms with Crippen LogP contribution in [0.5, 0.6) is 11.5 Å². The first-order valence-corrected chi connectivity index (χ1v) is 6.31. The molecule has 0 atom stereocenters. The molecule has 0 bridgehead atoms. The number of rotatable bonds is 5. The summed E-state index contributed by atoms with van der Waals surface area (Å²) in [5.74, 6) is 1.52. The van der Waals surface area contributed by atoms with Crippen LogP contribution in [0.1, 0.15) is 5.56 Å². The third kappa shape index (κ3) is 3.55. The Morgan fingerprint density at radius 2 is 1.89 bits per heavy atom. The predicted molar refractivity (Wildman–Crippen MR) is 78.3 cm³/mol. The van der Waals surface area contributed by atoms with Gasteiger partial charge in [0.15, 0.2) is 0 Å². The summed E-state index contributed by atoms with van der Waals surface area (Å²) in [7, 11) is 3.27. The minimum atomic E-state index is 0.606. The standard InChI is InChI=1S/C15H16ClNO2/c1-18-13-5-3-4-11(8-13)10-17-12-6-7-14(16)15(9-12)19-2/h3-9,17H,10H2,1-2H3. The van der Waals surface area contributed by atoms with Crippen LogP contribution in [0, 0.1) is 0 Å². The van der Waals surface area contributed by atoms with Crippen LogP contribution < -0.4 is 14.8 Å². The lowest BCUT2D eigenvalue weighted by Crippen LogP contribution is -2.00. The average Bonchev–Trinajstić information content (AvgIpc) is 2.46. The van der Waals surface area contributed by atoms with E-state index in [2.05, 4.69) is 5.32 Å². The molecule has 0 fully saturated rings. The number of methoxy groups -OCH3 is 2. The number of anilines is 1. The Bertz CT molecular complexity index is 558. The van der Waals surface area contributed by atoms with Gasteiger partial charge in [-0.05, 0) is 29.8 Å². The van der Waals surface area contributed by atoms with Gasteiger partial charge in [-0.25, -0.2) is 0 Å². The highest BCUT2D eigenvalue weighted by Crippen LogP contribution is 2.27. The Kier molecular flexibility index (Phi) is 4.53.